The van der Waals surface area contributed by atoms with E-state index in [1.165, 1.54) is 0 Å². The molecule has 21 heavy (non-hydrogen) atoms. The molecule has 0 aromatic heterocycles. The smallest absolute Gasteiger partial charge is 0.245 e. The molecule has 2 aliphatic heterocycles. The van der Waals surface area contributed by atoms with Crippen molar-refractivity contribution >= 4 is 15.7 Å². The fourth-order valence-electron chi connectivity index (χ4n) is 3.52. The van der Waals surface area contributed by atoms with Crippen LogP contribution in [0.5, 0.6) is 0 Å². The van der Waals surface area contributed by atoms with Crippen LogP contribution in [0.25, 0.3) is 0 Å². The first kappa shape index (κ1) is 14.8. The Labute approximate surface area is 126 Å². The number of sulfonamides is 1. The topological polar surface area (TPSA) is 66.6 Å². The molecule has 2 aliphatic rings. The summed E-state index contributed by atoms with van der Waals surface area (Å²) >= 11 is 0. The molecule has 0 aliphatic carbocycles. The minimum Gasteiger partial charge on any atom is -0.398 e. The standard InChI is InChI=1S/C15H23N3O2S/c1-11-5-6-15(14(16)8-11)21(19,20)18-10-13-4-3-7-17(13)9-12(18)2/h5-6,8,12-13H,3-4,7,9-10,16H2,1-2H3. The van der Waals surface area contributed by atoms with Gasteiger partial charge in [-0.3, -0.25) is 4.90 Å². The van der Waals surface area contributed by atoms with Crippen molar-refractivity contribution in [1.82, 2.24) is 9.21 Å². The Morgan fingerprint density at radius 2 is 2.05 bits per heavy atom. The van der Waals surface area contributed by atoms with E-state index in [2.05, 4.69) is 4.90 Å². The van der Waals surface area contributed by atoms with E-state index in [1.54, 1.807) is 22.5 Å². The second-order valence-electron chi connectivity index (χ2n) is 6.26. The lowest BCUT2D eigenvalue weighted by molar-refractivity contribution is 0.117. The van der Waals surface area contributed by atoms with Crippen molar-refractivity contribution < 1.29 is 8.42 Å². The number of nitrogens with two attached hydrogens (primary N) is 1. The van der Waals surface area contributed by atoms with Gasteiger partial charge in [0.25, 0.3) is 0 Å². The van der Waals surface area contributed by atoms with Crippen LogP contribution >= 0.6 is 0 Å². The van der Waals surface area contributed by atoms with Crippen LogP contribution in [0.3, 0.4) is 0 Å². The summed E-state index contributed by atoms with van der Waals surface area (Å²) in [6, 6.07) is 5.52. The number of hydrogen-bond donors (Lipinski definition) is 1. The number of nitrogen functional groups attached to an aromatic ring is 1. The predicted octanol–water partition coefficient (Wildman–Crippen LogP) is 1.43. The number of nitrogens with zero attached hydrogens (tertiary/aromatic N) is 2. The zero-order valence-corrected chi connectivity index (χ0v) is 13.4. The summed E-state index contributed by atoms with van der Waals surface area (Å²) in [5.41, 5.74) is 7.27. The minimum atomic E-state index is -3.52. The third-order valence-corrected chi connectivity index (χ3v) is 6.69. The summed E-state index contributed by atoms with van der Waals surface area (Å²) in [6.07, 6.45) is 2.25. The quantitative estimate of drug-likeness (QED) is 0.839. The Bertz CT molecular complexity index is 644. The maximum Gasteiger partial charge on any atom is 0.245 e. The number of benzene rings is 1. The molecule has 0 amide bonds. The number of rotatable bonds is 2. The number of hydrogen-bond acceptors (Lipinski definition) is 4. The highest BCUT2D eigenvalue weighted by Gasteiger charge is 2.40. The van der Waals surface area contributed by atoms with E-state index in [0.29, 0.717) is 18.3 Å². The Morgan fingerprint density at radius 1 is 1.29 bits per heavy atom. The van der Waals surface area contributed by atoms with E-state index in [-0.39, 0.29) is 10.9 Å². The second kappa shape index (κ2) is 5.26. The third-order valence-electron chi connectivity index (χ3n) is 4.63. The molecule has 1 aromatic rings. The monoisotopic (exact) mass is 309 g/mol. The molecule has 6 heteroatoms. The van der Waals surface area contributed by atoms with E-state index in [9.17, 15) is 8.42 Å². The number of fused-ring (bicyclic) bond motifs is 1. The molecule has 2 N–H and O–H groups in total. The molecule has 1 aromatic carbocycles. The molecule has 2 heterocycles. The summed E-state index contributed by atoms with van der Waals surface area (Å²) in [5, 5.41) is 0. The Balaban J connectivity index is 1.93. The lowest BCUT2D eigenvalue weighted by atomic mass is 10.1. The molecule has 2 saturated heterocycles. The van der Waals surface area contributed by atoms with Crippen molar-refractivity contribution in [3.63, 3.8) is 0 Å². The van der Waals surface area contributed by atoms with E-state index in [4.69, 9.17) is 5.73 Å². The number of anilines is 1. The molecular formula is C15H23N3O2S. The summed E-state index contributed by atoms with van der Waals surface area (Å²) < 4.78 is 27.5. The maximum atomic E-state index is 12.9. The molecule has 3 rings (SSSR count). The van der Waals surface area contributed by atoms with Crippen molar-refractivity contribution in [2.45, 2.75) is 43.7 Å². The number of piperazine rings is 1. The van der Waals surface area contributed by atoms with E-state index in [0.717, 1.165) is 31.5 Å². The fraction of sp³-hybridized carbons (Fsp3) is 0.600. The molecule has 2 unspecified atom stereocenters. The predicted molar refractivity (Wildman–Crippen MR) is 83.5 cm³/mol. The second-order valence-corrected chi connectivity index (χ2v) is 8.11. The van der Waals surface area contributed by atoms with Crippen molar-refractivity contribution in [1.29, 1.82) is 0 Å². The van der Waals surface area contributed by atoms with Crippen LogP contribution in [-0.4, -0.2) is 49.3 Å². The lowest BCUT2D eigenvalue weighted by Crippen LogP contribution is -2.56. The van der Waals surface area contributed by atoms with Gasteiger partial charge in [-0.2, -0.15) is 4.31 Å². The van der Waals surface area contributed by atoms with Crippen molar-refractivity contribution in [3.05, 3.63) is 23.8 Å². The Hall–Kier alpha value is -1.11. The highest BCUT2D eigenvalue weighted by molar-refractivity contribution is 7.89. The van der Waals surface area contributed by atoms with Crippen LogP contribution in [0.4, 0.5) is 5.69 Å². The van der Waals surface area contributed by atoms with Crippen molar-refractivity contribution in [2.75, 3.05) is 25.4 Å². The molecule has 2 fully saturated rings. The van der Waals surface area contributed by atoms with Crippen LogP contribution in [0.15, 0.2) is 23.1 Å². The van der Waals surface area contributed by atoms with Gasteiger partial charge >= 0.3 is 0 Å². The molecule has 0 radical (unpaired) electrons. The van der Waals surface area contributed by atoms with Crippen LogP contribution in [0.1, 0.15) is 25.3 Å². The van der Waals surface area contributed by atoms with Gasteiger partial charge in [0, 0.05) is 25.2 Å². The summed E-state index contributed by atoms with van der Waals surface area (Å²) in [4.78, 5) is 2.65. The molecule has 0 bridgehead atoms. The zero-order chi connectivity index (χ0) is 15.2. The van der Waals surface area contributed by atoms with Crippen molar-refractivity contribution in [3.8, 4) is 0 Å². The van der Waals surface area contributed by atoms with Gasteiger partial charge in [0.1, 0.15) is 4.90 Å². The Morgan fingerprint density at radius 3 is 2.76 bits per heavy atom. The summed E-state index contributed by atoms with van der Waals surface area (Å²) in [5.74, 6) is 0. The average molecular weight is 309 g/mol. The molecule has 2 atom stereocenters. The molecule has 5 nitrogen and oxygen atoms in total. The van der Waals surface area contributed by atoms with Crippen molar-refractivity contribution in [2.24, 2.45) is 0 Å². The van der Waals surface area contributed by atoms with Gasteiger partial charge < -0.3 is 5.73 Å². The number of aryl methyl sites for hydroxylation is 1. The Kier molecular flexibility index (Phi) is 3.71. The first-order valence-corrected chi connectivity index (χ1v) is 8.95. The first-order chi connectivity index (χ1) is 9.89. The van der Waals surface area contributed by atoms with Gasteiger partial charge in [-0.05, 0) is 50.9 Å². The summed E-state index contributed by atoms with van der Waals surface area (Å²) in [7, 11) is -3.52. The van der Waals surface area contributed by atoms with Gasteiger partial charge in [0.05, 0.1) is 5.69 Å². The molecule has 0 spiro atoms. The molecular weight excluding hydrogens is 286 g/mol. The highest BCUT2D eigenvalue weighted by atomic mass is 32.2. The zero-order valence-electron chi connectivity index (χ0n) is 12.6. The van der Waals surface area contributed by atoms with Crippen LogP contribution in [-0.2, 0) is 10.0 Å². The van der Waals surface area contributed by atoms with Crippen LogP contribution < -0.4 is 5.73 Å². The minimum absolute atomic E-state index is 0.00921. The first-order valence-electron chi connectivity index (χ1n) is 7.51. The molecule has 0 saturated carbocycles. The fourth-order valence-corrected chi connectivity index (χ4v) is 5.28. The maximum absolute atomic E-state index is 12.9. The highest BCUT2D eigenvalue weighted by Crippen LogP contribution is 2.31. The lowest BCUT2D eigenvalue weighted by Gasteiger charge is -2.41. The summed E-state index contributed by atoms with van der Waals surface area (Å²) in [6.45, 7) is 6.38. The van der Waals surface area contributed by atoms with Gasteiger partial charge in [-0.15, -0.1) is 0 Å². The largest absolute Gasteiger partial charge is 0.398 e. The third kappa shape index (κ3) is 2.56. The van der Waals surface area contributed by atoms with Crippen LogP contribution in [0, 0.1) is 6.92 Å². The van der Waals surface area contributed by atoms with Gasteiger partial charge in [-0.1, -0.05) is 6.07 Å². The normalized spacial score (nSPS) is 27.7. The van der Waals surface area contributed by atoms with E-state index >= 15 is 0 Å². The van der Waals surface area contributed by atoms with E-state index < -0.39 is 10.0 Å². The van der Waals surface area contributed by atoms with Gasteiger partial charge in [-0.25, -0.2) is 8.42 Å². The van der Waals surface area contributed by atoms with Crippen LogP contribution in [0.2, 0.25) is 0 Å². The van der Waals surface area contributed by atoms with Gasteiger partial charge in [0.15, 0.2) is 0 Å². The SMILES string of the molecule is Cc1ccc(S(=O)(=O)N2CC3CCCN3CC2C)c(N)c1. The van der Waals surface area contributed by atoms with E-state index in [1.807, 2.05) is 13.8 Å². The average Bonchev–Trinajstić information content (AvgIpc) is 2.84. The van der Waals surface area contributed by atoms with Gasteiger partial charge in [0.2, 0.25) is 10.0 Å². The molecule has 116 valence electrons.